The zero-order valence-corrected chi connectivity index (χ0v) is 24.7. The van der Waals surface area contributed by atoms with E-state index in [0.717, 1.165) is 17.1 Å². The number of nitrogens with zero attached hydrogens (tertiary/aromatic N) is 1. The molecule has 3 rings (SSSR count). The number of carboxylic acids is 1. The molecule has 0 bridgehead atoms. The zero-order chi connectivity index (χ0) is 33.3. The van der Waals surface area contributed by atoms with Crippen LogP contribution in [-0.4, -0.2) is 105 Å². The molecule has 0 unspecified atom stereocenters. The van der Waals surface area contributed by atoms with Crippen molar-refractivity contribution in [3.63, 3.8) is 0 Å². The van der Waals surface area contributed by atoms with Gasteiger partial charge in [-0.1, -0.05) is 19.9 Å². The molecule has 2 aliphatic rings. The molecule has 0 radical (unpaired) electrons. The summed E-state index contributed by atoms with van der Waals surface area (Å²) in [6.45, 7) is 3.57. The number of nitrogens with one attached hydrogen (secondary N) is 2. The number of amides is 4. The Kier molecular flexibility index (Phi) is 12.5. The van der Waals surface area contributed by atoms with Crippen molar-refractivity contribution in [2.45, 2.75) is 76.8 Å². The van der Waals surface area contributed by atoms with E-state index in [4.69, 9.17) is 14.2 Å². The normalized spacial score (nSPS) is 22.8. The largest absolute Gasteiger partial charge is 0.479 e. The Bertz CT molecular complexity index is 1300. The summed E-state index contributed by atoms with van der Waals surface area (Å²) in [7, 11) is 0. The number of anilines is 1. The van der Waals surface area contributed by atoms with Gasteiger partial charge in [-0.2, -0.15) is 0 Å². The number of carboxylic acid groups (broad SMARTS) is 1. The highest BCUT2D eigenvalue weighted by Gasteiger charge is 2.48. The van der Waals surface area contributed by atoms with E-state index in [1.807, 2.05) is 13.8 Å². The maximum Gasteiger partial charge on any atom is 0.335 e. The number of hydrogen-bond donors (Lipinski definition) is 6. The molecule has 6 N–H and O–H groups in total. The van der Waals surface area contributed by atoms with Crippen LogP contribution in [0.3, 0.4) is 0 Å². The van der Waals surface area contributed by atoms with Gasteiger partial charge in [0.25, 0.3) is 11.8 Å². The van der Waals surface area contributed by atoms with Crippen molar-refractivity contribution in [1.82, 2.24) is 10.2 Å². The highest BCUT2D eigenvalue weighted by molar-refractivity contribution is 6.12. The lowest BCUT2D eigenvalue weighted by molar-refractivity contribution is -0.271. The van der Waals surface area contributed by atoms with Crippen molar-refractivity contribution in [1.29, 1.82) is 0 Å². The standard InChI is InChI=1S/C29H37N3O13/c1-15(2)12-23(37)43-14-16-5-6-18(44-29-26(40)24(38)25(39)27(45-29)28(41)42)17(13-16)31-20(34)9-10-30-19(33)4-3-11-32-21(35)7-8-22(32)36/h5-8,13,15,24-27,29,38-40H,3-4,9-12,14H2,1-2H3,(H,30,33)(H,31,34)(H,41,42)/t24-,25-,26+,27-,29+/m0/s1. The van der Waals surface area contributed by atoms with E-state index >= 15 is 0 Å². The van der Waals surface area contributed by atoms with Gasteiger partial charge in [-0.25, -0.2) is 4.79 Å². The van der Waals surface area contributed by atoms with E-state index in [0.29, 0.717) is 5.56 Å². The lowest BCUT2D eigenvalue weighted by Gasteiger charge is -2.38. The highest BCUT2D eigenvalue weighted by Crippen LogP contribution is 2.31. The van der Waals surface area contributed by atoms with Gasteiger partial charge in [0.2, 0.25) is 18.1 Å². The average molecular weight is 636 g/mol. The highest BCUT2D eigenvalue weighted by atomic mass is 16.7. The van der Waals surface area contributed by atoms with Gasteiger partial charge in [-0.15, -0.1) is 0 Å². The van der Waals surface area contributed by atoms with E-state index in [1.165, 1.54) is 18.2 Å². The Labute approximate surface area is 257 Å². The second kappa shape index (κ2) is 16.1. The number of aliphatic carboxylic acids is 1. The number of aliphatic hydroxyl groups excluding tert-OH is 3. The lowest BCUT2D eigenvalue weighted by atomic mass is 9.99. The minimum absolute atomic E-state index is 0.00976. The molecular weight excluding hydrogens is 598 g/mol. The van der Waals surface area contributed by atoms with Crippen LogP contribution < -0.4 is 15.4 Å². The van der Waals surface area contributed by atoms with Crippen LogP contribution in [0.5, 0.6) is 5.75 Å². The number of benzene rings is 1. The van der Waals surface area contributed by atoms with Crippen LogP contribution in [0.1, 0.15) is 45.1 Å². The van der Waals surface area contributed by atoms with Crippen LogP contribution in [0.2, 0.25) is 0 Å². The Morgan fingerprint density at radius 2 is 1.67 bits per heavy atom. The van der Waals surface area contributed by atoms with Gasteiger partial charge in [-0.3, -0.25) is 28.9 Å². The monoisotopic (exact) mass is 635 g/mol. The molecule has 1 aromatic rings. The summed E-state index contributed by atoms with van der Waals surface area (Å²) in [4.78, 5) is 72.6. The molecule has 16 heteroatoms. The van der Waals surface area contributed by atoms with Gasteiger partial charge in [0.15, 0.2) is 6.10 Å². The van der Waals surface area contributed by atoms with Crippen molar-refractivity contribution in [2.24, 2.45) is 5.92 Å². The van der Waals surface area contributed by atoms with E-state index in [-0.39, 0.29) is 62.7 Å². The maximum absolute atomic E-state index is 12.8. The van der Waals surface area contributed by atoms with Gasteiger partial charge in [0.05, 0.1) is 5.69 Å². The van der Waals surface area contributed by atoms with Crippen LogP contribution in [-0.2, 0) is 44.8 Å². The predicted octanol–water partition coefficient (Wildman–Crippen LogP) is -0.803. The van der Waals surface area contributed by atoms with Gasteiger partial charge in [-0.05, 0) is 30.0 Å². The Morgan fingerprint density at radius 1 is 0.978 bits per heavy atom. The maximum atomic E-state index is 12.8. The molecule has 2 heterocycles. The summed E-state index contributed by atoms with van der Waals surface area (Å²) >= 11 is 0. The summed E-state index contributed by atoms with van der Waals surface area (Å²) in [5.41, 5.74) is 0.456. The molecule has 5 atom stereocenters. The second-order valence-electron chi connectivity index (χ2n) is 10.9. The van der Waals surface area contributed by atoms with Crippen molar-refractivity contribution in [2.75, 3.05) is 18.4 Å². The fraction of sp³-hybridized carbons (Fsp3) is 0.517. The minimum atomic E-state index is -1.93. The molecule has 16 nitrogen and oxygen atoms in total. The molecule has 2 aliphatic heterocycles. The lowest BCUT2D eigenvalue weighted by Crippen LogP contribution is -2.61. The molecule has 45 heavy (non-hydrogen) atoms. The van der Waals surface area contributed by atoms with Gasteiger partial charge in [0.1, 0.15) is 30.7 Å². The van der Waals surface area contributed by atoms with E-state index < -0.39 is 66.3 Å². The first-order chi connectivity index (χ1) is 21.3. The third kappa shape index (κ3) is 10.1. The van der Waals surface area contributed by atoms with Gasteiger partial charge < -0.3 is 45.3 Å². The molecule has 1 fully saturated rings. The summed E-state index contributed by atoms with van der Waals surface area (Å²) in [5, 5.41) is 44.9. The fourth-order valence-corrected chi connectivity index (χ4v) is 4.36. The SMILES string of the molecule is CC(C)CC(=O)OCc1ccc(O[C@@H]2O[C@H](C(=O)O)[C@@H](O)[C@H](O)[C@H]2O)c(NC(=O)CCNC(=O)CCCN2C(=O)C=CC2=O)c1. The number of imide groups is 1. The van der Waals surface area contributed by atoms with Gasteiger partial charge >= 0.3 is 11.9 Å². The number of hydrogen-bond acceptors (Lipinski definition) is 12. The number of aliphatic hydroxyl groups is 3. The first-order valence-electron chi connectivity index (χ1n) is 14.2. The van der Waals surface area contributed by atoms with E-state index in [1.54, 1.807) is 0 Å². The fourth-order valence-electron chi connectivity index (χ4n) is 4.36. The molecule has 0 spiro atoms. The first kappa shape index (κ1) is 35.1. The Balaban J connectivity index is 1.62. The Morgan fingerprint density at radius 3 is 2.31 bits per heavy atom. The third-order valence-electron chi connectivity index (χ3n) is 6.71. The van der Waals surface area contributed by atoms with Crippen LogP contribution in [0.25, 0.3) is 0 Å². The Hall–Kier alpha value is -4.38. The van der Waals surface area contributed by atoms with Crippen LogP contribution in [0.4, 0.5) is 5.69 Å². The van der Waals surface area contributed by atoms with Crippen LogP contribution in [0.15, 0.2) is 30.4 Å². The molecular formula is C29H37N3O13. The molecule has 0 saturated carbocycles. The van der Waals surface area contributed by atoms with E-state index in [9.17, 15) is 49.2 Å². The van der Waals surface area contributed by atoms with Crippen molar-refractivity contribution < 1.29 is 63.4 Å². The number of rotatable bonds is 15. The predicted molar refractivity (Wildman–Crippen MR) is 152 cm³/mol. The molecule has 0 aliphatic carbocycles. The average Bonchev–Trinajstić information content (AvgIpc) is 3.29. The minimum Gasteiger partial charge on any atom is -0.479 e. The first-order valence-corrected chi connectivity index (χ1v) is 14.2. The number of ether oxygens (including phenoxy) is 3. The van der Waals surface area contributed by atoms with Crippen molar-refractivity contribution in [3.8, 4) is 5.75 Å². The molecule has 1 saturated heterocycles. The summed E-state index contributed by atoms with van der Waals surface area (Å²) in [5.74, 6) is -3.96. The van der Waals surface area contributed by atoms with Crippen molar-refractivity contribution in [3.05, 3.63) is 35.9 Å². The summed E-state index contributed by atoms with van der Waals surface area (Å²) in [6, 6.07) is 4.25. The van der Waals surface area contributed by atoms with E-state index in [2.05, 4.69) is 10.6 Å². The number of carbonyl (C=O) groups is 6. The summed E-state index contributed by atoms with van der Waals surface area (Å²) < 4.78 is 16.1. The molecule has 0 aromatic heterocycles. The number of carbonyl (C=O) groups excluding carboxylic acids is 5. The van der Waals surface area contributed by atoms with Crippen LogP contribution >= 0.6 is 0 Å². The van der Waals surface area contributed by atoms with Crippen molar-refractivity contribution >= 4 is 41.3 Å². The second-order valence-corrected chi connectivity index (χ2v) is 10.9. The number of esters is 1. The zero-order valence-electron chi connectivity index (χ0n) is 24.7. The molecule has 1 aromatic carbocycles. The molecule has 4 amide bonds. The summed E-state index contributed by atoms with van der Waals surface area (Å²) in [6.07, 6.45) is -6.84. The smallest absolute Gasteiger partial charge is 0.335 e. The quantitative estimate of drug-likeness (QED) is 0.102. The topological polar surface area (TPSA) is 238 Å². The molecule has 246 valence electrons. The van der Waals surface area contributed by atoms with Gasteiger partial charge in [0, 0.05) is 44.5 Å². The third-order valence-corrected chi connectivity index (χ3v) is 6.71. The van der Waals surface area contributed by atoms with Crippen LogP contribution in [0, 0.1) is 5.92 Å².